The van der Waals surface area contributed by atoms with Crippen LogP contribution in [0, 0.1) is 0 Å². The zero-order chi connectivity index (χ0) is 13.0. The average Bonchev–Trinajstić information content (AvgIpc) is 2.37. The van der Waals surface area contributed by atoms with Gasteiger partial charge in [-0.25, -0.2) is 0 Å². The number of halogens is 1. The molecule has 4 heteroatoms. The molecule has 0 spiro atoms. The predicted molar refractivity (Wildman–Crippen MR) is 78.6 cm³/mol. The Labute approximate surface area is 117 Å². The van der Waals surface area contributed by atoms with Crippen LogP contribution in [0.25, 0.3) is 0 Å². The molecule has 0 saturated carbocycles. The maximum atomic E-state index is 4.29. The van der Waals surface area contributed by atoms with Crippen LogP contribution >= 0.6 is 15.9 Å². The van der Waals surface area contributed by atoms with E-state index in [1.165, 1.54) is 11.1 Å². The number of nitrogens with zero attached hydrogens (tertiary/aromatic N) is 2. The summed E-state index contributed by atoms with van der Waals surface area (Å²) in [5.74, 6) is 0. The van der Waals surface area contributed by atoms with E-state index >= 15 is 0 Å². The molecule has 1 aliphatic rings. The minimum atomic E-state index is 0.398. The molecule has 1 aliphatic heterocycles. The molecule has 3 nitrogen and oxygen atoms in total. The lowest BCUT2D eigenvalue weighted by molar-refractivity contribution is 0.172. The minimum absolute atomic E-state index is 0.398. The Morgan fingerprint density at radius 2 is 2.22 bits per heavy atom. The Bertz CT molecular complexity index is 413. The third-order valence-electron chi connectivity index (χ3n) is 3.24. The molecule has 18 heavy (non-hydrogen) atoms. The molecule has 0 radical (unpaired) electrons. The molecule has 0 aromatic carbocycles. The van der Waals surface area contributed by atoms with E-state index in [-0.39, 0.29) is 0 Å². The van der Waals surface area contributed by atoms with E-state index in [4.69, 9.17) is 0 Å². The molecule has 2 rings (SSSR count). The summed E-state index contributed by atoms with van der Waals surface area (Å²) in [6.45, 7) is 10.5. The summed E-state index contributed by atoms with van der Waals surface area (Å²) in [4.78, 5) is 6.81. The summed E-state index contributed by atoms with van der Waals surface area (Å²) < 4.78 is 1.04. The summed E-state index contributed by atoms with van der Waals surface area (Å²) in [5, 5.41) is 3.40. The van der Waals surface area contributed by atoms with Gasteiger partial charge in [0.15, 0.2) is 0 Å². The smallest absolute Gasteiger partial charge is 0.0410 e. The highest BCUT2D eigenvalue weighted by atomic mass is 79.9. The molecule has 0 unspecified atom stereocenters. The molecule has 1 aromatic heterocycles. The van der Waals surface area contributed by atoms with E-state index in [1.807, 2.05) is 12.4 Å². The zero-order valence-electron chi connectivity index (χ0n) is 10.8. The zero-order valence-corrected chi connectivity index (χ0v) is 12.4. The molecule has 0 aliphatic carbocycles. The molecular formula is C14H20BrN3. The van der Waals surface area contributed by atoms with Crippen LogP contribution in [0.15, 0.2) is 35.1 Å². The van der Waals surface area contributed by atoms with E-state index in [1.54, 1.807) is 0 Å². The van der Waals surface area contributed by atoms with Gasteiger partial charge in [0.05, 0.1) is 0 Å². The highest BCUT2D eigenvalue weighted by molar-refractivity contribution is 9.10. The van der Waals surface area contributed by atoms with Crippen molar-refractivity contribution in [2.75, 3.05) is 26.2 Å². The van der Waals surface area contributed by atoms with Crippen molar-refractivity contribution >= 4 is 15.9 Å². The summed E-state index contributed by atoms with van der Waals surface area (Å²) in [6.07, 6.45) is 4.80. The second-order valence-electron chi connectivity index (χ2n) is 4.90. The molecule has 2 heterocycles. The van der Waals surface area contributed by atoms with Gasteiger partial charge in [0.1, 0.15) is 0 Å². The first-order valence-corrected chi connectivity index (χ1v) is 7.15. The Hall–Kier alpha value is -0.710. The largest absolute Gasteiger partial charge is 0.314 e. The summed E-state index contributed by atoms with van der Waals surface area (Å²) in [6, 6.07) is 2.57. The van der Waals surface area contributed by atoms with Gasteiger partial charge in [-0.15, -0.1) is 6.58 Å². The normalized spacial score (nSPS) is 18.6. The van der Waals surface area contributed by atoms with Gasteiger partial charge in [-0.3, -0.25) is 9.88 Å². The van der Waals surface area contributed by atoms with Gasteiger partial charge in [0.25, 0.3) is 0 Å². The molecule has 1 atom stereocenters. The van der Waals surface area contributed by atoms with Gasteiger partial charge in [0.2, 0.25) is 0 Å². The van der Waals surface area contributed by atoms with Crippen molar-refractivity contribution in [3.05, 3.63) is 40.6 Å². The van der Waals surface area contributed by atoms with Crippen LogP contribution in [0.4, 0.5) is 0 Å². The van der Waals surface area contributed by atoms with Crippen molar-refractivity contribution in [1.82, 2.24) is 15.2 Å². The molecule has 0 amide bonds. The molecule has 98 valence electrons. The Morgan fingerprint density at radius 1 is 1.50 bits per heavy atom. The second-order valence-corrected chi connectivity index (χ2v) is 5.82. The molecule has 0 bridgehead atoms. The summed E-state index contributed by atoms with van der Waals surface area (Å²) in [7, 11) is 0. The van der Waals surface area contributed by atoms with Crippen molar-refractivity contribution in [3.63, 3.8) is 0 Å². The predicted octanol–water partition coefficient (Wildman–Crippen LogP) is 2.76. The highest BCUT2D eigenvalue weighted by Gasteiger charge is 2.22. The first-order valence-electron chi connectivity index (χ1n) is 6.36. The van der Waals surface area contributed by atoms with Crippen LogP contribution in [0.3, 0.4) is 0 Å². The van der Waals surface area contributed by atoms with Crippen molar-refractivity contribution in [3.8, 4) is 0 Å². The molecule has 1 aromatic rings. The van der Waals surface area contributed by atoms with Crippen molar-refractivity contribution < 1.29 is 0 Å². The van der Waals surface area contributed by atoms with Gasteiger partial charge in [-0.2, -0.15) is 0 Å². The minimum Gasteiger partial charge on any atom is -0.314 e. The van der Waals surface area contributed by atoms with Crippen LogP contribution in [-0.2, 0) is 0 Å². The number of rotatable bonds is 4. The maximum absolute atomic E-state index is 4.29. The number of hydrogen-bond acceptors (Lipinski definition) is 3. The van der Waals surface area contributed by atoms with Crippen LogP contribution in [0.5, 0.6) is 0 Å². The quantitative estimate of drug-likeness (QED) is 0.867. The van der Waals surface area contributed by atoms with Crippen LogP contribution in [0.2, 0.25) is 0 Å². The number of hydrogen-bond donors (Lipinski definition) is 1. The van der Waals surface area contributed by atoms with E-state index in [0.717, 1.165) is 37.1 Å². The maximum Gasteiger partial charge on any atom is 0.0410 e. The fraction of sp³-hybridized carbons (Fsp3) is 0.500. The van der Waals surface area contributed by atoms with Crippen molar-refractivity contribution in [2.45, 2.75) is 19.4 Å². The Kier molecular flexibility index (Phi) is 4.92. The van der Waals surface area contributed by atoms with E-state index < -0.39 is 0 Å². The topological polar surface area (TPSA) is 28.2 Å². The van der Waals surface area contributed by atoms with Gasteiger partial charge in [-0.05, 0) is 40.9 Å². The third-order valence-corrected chi connectivity index (χ3v) is 3.68. The van der Waals surface area contributed by atoms with Crippen LogP contribution < -0.4 is 5.32 Å². The van der Waals surface area contributed by atoms with Gasteiger partial charge >= 0.3 is 0 Å². The summed E-state index contributed by atoms with van der Waals surface area (Å²) in [5.41, 5.74) is 2.49. The van der Waals surface area contributed by atoms with Gasteiger partial charge < -0.3 is 5.32 Å². The SMILES string of the molecule is C=C(C)C[C@H](c1cncc(Br)c1)N1CCNCC1. The number of nitrogens with one attached hydrogen (secondary N) is 1. The first-order chi connectivity index (χ1) is 8.66. The highest BCUT2D eigenvalue weighted by Crippen LogP contribution is 2.28. The van der Waals surface area contributed by atoms with E-state index in [2.05, 4.69) is 50.7 Å². The molecule has 1 fully saturated rings. The lowest BCUT2D eigenvalue weighted by atomic mass is 9.99. The van der Waals surface area contributed by atoms with Crippen LogP contribution in [0.1, 0.15) is 24.9 Å². The van der Waals surface area contributed by atoms with E-state index in [0.29, 0.717) is 6.04 Å². The fourth-order valence-electron chi connectivity index (χ4n) is 2.39. The fourth-order valence-corrected chi connectivity index (χ4v) is 2.77. The Morgan fingerprint density at radius 3 is 2.83 bits per heavy atom. The average molecular weight is 310 g/mol. The monoisotopic (exact) mass is 309 g/mol. The molecular weight excluding hydrogens is 290 g/mol. The lowest BCUT2D eigenvalue weighted by Crippen LogP contribution is -2.45. The first kappa shape index (κ1) is 13.7. The number of aromatic nitrogens is 1. The standard InChI is InChI=1S/C14H20BrN3/c1-11(2)7-14(18-5-3-16-4-6-18)12-8-13(15)10-17-9-12/h8-10,14,16H,1,3-7H2,2H3/t14-/m1/s1. The van der Waals surface area contributed by atoms with Gasteiger partial charge in [-0.1, -0.05) is 5.57 Å². The number of piperazine rings is 1. The number of pyridine rings is 1. The third kappa shape index (κ3) is 3.64. The second kappa shape index (κ2) is 6.45. The van der Waals surface area contributed by atoms with Crippen molar-refractivity contribution in [2.24, 2.45) is 0 Å². The van der Waals surface area contributed by atoms with E-state index in [9.17, 15) is 0 Å². The molecule has 1 N–H and O–H groups in total. The van der Waals surface area contributed by atoms with Gasteiger partial charge in [0, 0.05) is 49.1 Å². The lowest BCUT2D eigenvalue weighted by Gasteiger charge is -2.35. The van der Waals surface area contributed by atoms with Crippen molar-refractivity contribution in [1.29, 1.82) is 0 Å². The Balaban J connectivity index is 2.20. The molecule has 1 saturated heterocycles. The van der Waals surface area contributed by atoms with Crippen LogP contribution in [-0.4, -0.2) is 36.1 Å². The summed E-state index contributed by atoms with van der Waals surface area (Å²) >= 11 is 3.50.